The van der Waals surface area contributed by atoms with Gasteiger partial charge in [-0.25, -0.2) is 9.59 Å². The molecule has 8 heteroatoms. The summed E-state index contributed by atoms with van der Waals surface area (Å²) in [5.74, 6) is 0.662. The Balaban J connectivity index is 2.04. The van der Waals surface area contributed by atoms with Crippen molar-refractivity contribution in [1.29, 1.82) is 0 Å². The monoisotopic (exact) mass is 348 g/mol. The van der Waals surface area contributed by atoms with Gasteiger partial charge < -0.3 is 18.9 Å². The molecule has 0 aromatic heterocycles. The van der Waals surface area contributed by atoms with Gasteiger partial charge in [-0.3, -0.25) is 0 Å². The molecule has 0 aromatic rings. The van der Waals surface area contributed by atoms with Crippen LogP contribution in [0.25, 0.3) is 0 Å². The van der Waals surface area contributed by atoms with Crippen molar-refractivity contribution in [3.8, 4) is 0 Å². The third-order valence-electron chi connectivity index (χ3n) is 3.37. The van der Waals surface area contributed by atoms with Gasteiger partial charge in [0, 0.05) is 18.6 Å². The molecule has 6 nitrogen and oxygen atoms in total. The Labute approximate surface area is 138 Å². The van der Waals surface area contributed by atoms with E-state index in [-0.39, 0.29) is 29.6 Å². The van der Waals surface area contributed by atoms with Crippen LogP contribution < -0.4 is 0 Å². The molecule has 0 N–H and O–H groups in total. The first-order chi connectivity index (χ1) is 10.6. The lowest BCUT2D eigenvalue weighted by Crippen LogP contribution is -2.34. The lowest BCUT2D eigenvalue weighted by molar-refractivity contribution is 0.0283. The number of rotatable bonds is 3. The molecule has 124 valence electrons. The van der Waals surface area contributed by atoms with Crippen LogP contribution in [0.15, 0.2) is 12.2 Å². The topological polar surface area (TPSA) is 71.1 Å². The van der Waals surface area contributed by atoms with E-state index >= 15 is 0 Å². The van der Waals surface area contributed by atoms with Gasteiger partial charge in [0.2, 0.25) is 0 Å². The van der Waals surface area contributed by atoms with Gasteiger partial charge in [0.15, 0.2) is 0 Å². The number of carbonyl (C=O) groups excluding carboxylic acids is 2. The van der Waals surface area contributed by atoms with Crippen LogP contribution in [0.5, 0.6) is 0 Å². The van der Waals surface area contributed by atoms with Crippen LogP contribution >= 0.6 is 23.5 Å². The Bertz CT molecular complexity index is 428. The third-order valence-corrected chi connectivity index (χ3v) is 4.42. The van der Waals surface area contributed by atoms with Crippen LogP contribution in [0.3, 0.4) is 0 Å². The van der Waals surface area contributed by atoms with Crippen LogP contribution in [0.4, 0.5) is 9.59 Å². The molecule has 4 atom stereocenters. The third kappa shape index (κ3) is 5.19. The summed E-state index contributed by atoms with van der Waals surface area (Å²) < 4.78 is 21.8. The molecule has 2 aliphatic rings. The molecule has 0 spiro atoms. The van der Waals surface area contributed by atoms with E-state index < -0.39 is 12.2 Å². The first-order valence-corrected chi connectivity index (χ1v) is 9.33. The highest BCUT2D eigenvalue weighted by atomic mass is 32.2. The minimum Gasteiger partial charge on any atom is -0.450 e. The predicted molar refractivity (Wildman–Crippen MR) is 85.2 cm³/mol. The van der Waals surface area contributed by atoms with Gasteiger partial charge in [-0.05, 0) is 41.9 Å². The highest BCUT2D eigenvalue weighted by Crippen LogP contribution is 2.28. The Morgan fingerprint density at radius 2 is 1.64 bits per heavy atom. The Hall–Kier alpha value is -0.700. The number of fused-ring (bicyclic) bond motifs is 1. The molecule has 0 saturated carbocycles. The van der Waals surface area contributed by atoms with Gasteiger partial charge in [0.1, 0.15) is 19.0 Å². The van der Waals surface area contributed by atoms with Crippen molar-refractivity contribution >= 4 is 34.1 Å². The van der Waals surface area contributed by atoms with Gasteiger partial charge in [-0.1, -0.05) is 6.92 Å². The zero-order valence-corrected chi connectivity index (χ0v) is 14.2. The fourth-order valence-electron chi connectivity index (χ4n) is 2.35. The highest BCUT2D eigenvalue weighted by Gasteiger charge is 2.36. The van der Waals surface area contributed by atoms with E-state index in [1.807, 2.05) is 6.92 Å². The minimum absolute atomic E-state index is 0.162. The molecule has 4 unspecified atom stereocenters. The Kier molecular flexibility index (Phi) is 7.07. The number of ether oxygens (including phenoxy) is 4. The second-order valence-electron chi connectivity index (χ2n) is 4.83. The van der Waals surface area contributed by atoms with E-state index in [4.69, 9.17) is 18.9 Å². The second-order valence-corrected chi connectivity index (χ2v) is 6.78. The largest absolute Gasteiger partial charge is 0.450 e. The SMILES string of the molecule is CCSC(=O)OC1/C=C/C(OC(=O)SC)CC2OCOC2C1. The van der Waals surface area contributed by atoms with Gasteiger partial charge in [0.25, 0.3) is 0 Å². The molecular weight excluding hydrogens is 328 g/mol. The molecule has 1 fully saturated rings. The minimum atomic E-state index is -0.408. The van der Waals surface area contributed by atoms with E-state index in [0.717, 1.165) is 23.5 Å². The van der Waals surface area contributed by atoms with Gasteiger partial charge in [-0.2, -0.15) is 0 Å². The summed E-state index contributed by atoms with van der Waals surface area (Å²) >= 11 is 2.14. The summed E-state index contributed by atoms with van der Waals surface area (Å²) in [7, 11) is 0. The molecular formula is C14H20O6S2. The van der Waals surface area contributed by atoms with Crippen molar-refractivity contribution in [3.63, 3.8) is 0 Å². The summed E-state index contributed by atoms with van der Waals surface area (Å²) in [6, 6.07) is 0. The lowest BCUT2D eigenvalue weighted by Gasteiger charge is -2.26. The van der Waals surface area contributed by atoms with E-state index in [1.165, 1.54) is 0 Å². The summed E-state index contributed by atoms with van der Waals surface area (Å²) in [5, 5.41) is -0.661. The molecule has 1 aliphatic carbocycles. The maximum absolute atomic E-state index is 11.7. The van der Waals surface area contributed by atoms with Crippen molar-refractivity contribution < 1.29 is 28.5 Å². The van der Waals surface area contributed by atoms with Crippen molar-refractivity contribution in [2.75, 3.05) is 18.8 Å². The molecule has 0 bridgehead atoms. The van der Waals surface area contributed by atoms with Gasteiger partial charge in [0.05, 0.1) is 12.2 Å². The standard InChI is InChI=1S/C14H20O6S2/c1-3-22-14(16)20-10-5-4-9(19-13(15)21-2)6-11-12(7-10)18-8-17-11/h4-5,9-12H,3,6-8H2,1-2H3/b5-4+. The first-order valence-electron chi connectivity index (χ1n) is 7.12. The molecule has 1 aliphatic heterocycles. The normalized spacial score (nSPS) is 32.5. The smallest absolute Gasteiger partial charge is 0.367 e. The van der Waals surface area contributed by atoms with Crippen LogP contribution in [0.2, 0.25) is 0 Å². The summed E-state index contributed by atoms with van der Waals surface area (Å²) in [4.78, 5) is 23.1. The molecule has 0 amide bonds. The summed E-state index contributed by atoms with van der Waals surface area (Å²) in [6.45, 7) is 2.10. The zero-order chi connectivity index (χ0) is 15.9. The lowest BCUT2D eigenvalue weighted by atomic mass is 9.97. The molecule has 1 saturated heterocycles. The first kappa shape index (κ1) is 17.7. The van der Waals surface area contributed by atoms with Crippen LogP contribution in [0, 0.1) is 0 Å². The maximum atomic E-state index is 11.7. The number of thioether (sulfide) groups is 2. The average molecular weight is 348 g/mol. The van der Waals surface area contributed by atoms with Crippen molar-refractivity contribution in [3.05, 3.63) is 12.2 Å². The van der Waals surface area contributed by atoms with Crippen LogP contribution in [-0.2, 0) is 18.9 Å². The predicted octanol–water partition coefficient (Wildman–Crippen LogP) is 3.20. The summed E-state index contributed by atoms with van der Waals surface area (Å²) in [5.41, 5.74) is 0. The number of hydrogen-bond donors (Lipinski definition) is 0. The second kappa shape index (κ2) is 8.81. The van der Waals surface area contributed by atoms with Crippen molar-refractivity contribution in [1.82, 2.24) is 0 Å². The van der Waals surface area contributed by atoms with E-state index in [1.54, 1.807) is 18.4 Å². The number of hydrogen-bond acceptors (Lipinski definition) is 8. The average Bonchev–Trinajstić information content (AvgIpc) is 2.89. The molecule has 22 heavy (non-hydrogen) atoms. The maximum Gasteiger partial charge on any atom is 0.367 e. The molecule has 0 radical (unpaired) electrons. The zero-order valence-electron chi connectivity index (χ0n) is 12.6. The molecule has 0 aromatic carbocycles. The van der Waals surface area contributed by atoms with Crippen molar-refractivity contribution in [2.24, 2.45) is 0 Å². The Morgan fingerprint density at radius 3 is 2.14 bits per heavy atom. The van der Waals surface area contributed by atoms with E-state index in [0.29, 0.717) is 18.6 Å². The molecule has 2 rings (SSSR count). The Morgan fingerprint density at radius 1 is 1.09 bits per heavy atom. The van der Waals surface area contributed by atoms with Crippen LogP contribution in [-0.4, -0.2) is 53.8 Å². The van der Waals surface area contributed by atoms with Crippen molar-refractivity contribution in [2.45, 2.75) is 44.2 Å². The number of carbonyl (C=O) groups is 2. The van der Waals surface area contributed by atoms with E-state index in [2.05, 4.69) is 0 Å². The van der Waals surface area contributed by atoms with Crippen LogP contribution in [0.1, 0.15) is 19.8 Å². The quantitative estimate of drug-likeness (QED) is 0.569. The fourth-order valence-corrected chi connectivity index (χ4v) is 3.00. The van der Waals surface area contributed by atoms with Gasteiger partial charge in [-0.15, -0.1) is 0 Å². The highest BCUT2D eigenvalue weighted by molar-refractivity contribution is 8.13. The van der Waals surface area contributed by atoms with Gasteiger partial charge >= 0.3 is 10.6 Å². The molecule has 1 heterocycles. The summed E-state index contributed by atoms with van der Waals surface area (Å²) in [6.07, 6.45) is 5.14. The fraction of sp³-hybridized carbons (Fsp3) is 0.714. The van der Waals surface area contributed by atoms with E-state index in [9.17, 15) is 9.59 Å².